The van der Waals surface area contributed by atoms with Crippen LogP contribution in [0.25, 0.3) is 0 Å². The summed E-state index contributed by atoms with van der Waals surface area (Å²) in [5.74, 6) is -0.965. The Balaban J connectivity index is 1.40. The molecule has 3 N–H and O–H groups in total. The lowest BCUT2D eigenvalue weighted by Crippen LogP contribution is -2.56. The second-order valence-electron chi connectivity index (χ2n) is 13.4. The molecular weight excluding hydrogens is 673 g/mol. The summed E-state index contributed by atoms with van der Waals surface area (Å²) in [6, 6.07) is 14.7. The van der Waals surface area contributed by atoms with Crippen molar-refractivity contribution in [2.75, 3.05) is 39.3 Å². The number of rotatable bonds is 5. The largest absolute Gasteiger partial charge is 0.492 e. The molecule has 0 radical (unpaired) electrons. The molecule has 0 saturated carbocycles. The van der Waals surface area contributed by atoms with Crippen LogP contribution in [0.15, 0.2) is 60.8 Å². The number of benzene rings is 2. The van der Waals surface area contributed by atoms with Crippen LogP contribution >= 0.6 is 0 Å². The van der Waals surface area contributed by atoms with Gasteiger partial charge < -0.3 is 20.7 Å². The number of aromatic nitrogens is 3. The van der Waals surface area contributed by atoms with Gasteiger partial charge in [-0.1, -0.05) is 74.4 Å². The summed E-state index contributed by atoms with van der Waals surface area (Å²) >= 11 is 0. The molecule has 3 heterocycles. The Kier molecular flexibility index (Phi) is 13.6. The molecule has 3 aromatic rings. The van der Waals surface area contributed by atoms with Gasteiger partial charge in [0.15, 0.2) is 0 Å². The minimum atomic E-state index is -3.84. The van der Waals surface area contributed by atoms with Crippen LogP contribution in [-0.2, 0) is 50.4 Å². The number of nitrogens with zero attached hydrogens (tertiary/aromatic N) is 5. The molecule has 1 saturated heterocycles. The standard InChI is InChI=1S/C36H50N8O6S/c1-27(2)34-36(47)38-32(24-28-11-6-5-7-12-28)35(46)37-16-20-44(51(48,49)43-17-8-3-4-9-18-43)19-15-30-26-42(41-40-30)21-22-50-31-14-10-13-29(23-31)25-33(45)39-34/h5-7,10-14,23,26-27,32,34H,3-4,8-9,15-22,24-25H2,1-2H3,(H,37,46)(H,38,47)(H,39,45)/t32-,34+/m0/s1. The predicted octanol–water partition coefficient (Wildman–Crippen LogP) is 1.86. The van der Waals surface area contributed by atoms with Crippen LogP contribution in [0.3, 0.4) is 0 Å². The zero-order valence-corrected chi connectivity index (χ0v) is 30.3. The number of amides is 3. The normalized spacial score (nSPS) is 21.5. The van der Waals surface area contributed by atoms with Gasteiger partial charge in [-0.15, -0.1) is 5.10 Å². The number of carbonyl (C=O) groups excluding carboxylic acids is 3. The van der Waals surface area contributed by atoms with E-state index in [0.717, 1.165) is 36.8 Å². The van der Waals surface area contributed by atoms with Crippen LogP contribution in [0.1, 0.15) is 56.4 Å². The van der Waals surface area contributed by atoms with E-state index in [0.29, 0.717) is 44.1 Å². The molecule has 1 fully saturated rings. The van der Waals surface area contributed by atoms with E-state index in [2.05, 4.69) is 26.3 Å². The molecule has 0 unspecified atom stereocenters. The van der Waals surface area contributed by atoms with E-state index in [4.69, 9.17) is 4.74 Å². The first kappa shape index (κ1) is 37.9. The first-order valence-corrected chi connectivity index (χ1v) is 19.3. The maximum atomic E-state index is 14.0. The third-order valence-electron chi connectivity index (χ3n) is 9.11. The van der Waals surface area contributed by atoms with Gasteiger partial charge in [-0.2, -0.15) is 17.0 Å². The summed E-state index contributed by atoms with van der Waals surface area (Å²) in [5, 5.41) is 17.1. The lowest BCUT2D eigenvalue weighted by Gasteiger charge is -2.29. The second kappa shape index (κ2) is 18.2. The molecular formula is C36H50N8O6S. The minimum Gasteiger partial charge on any atom is -0.492 e. The van der Waals surface area contributed by atoms with Gasteiger partial charge in [0.25, 0.3) is 10.2 Å². The highest BCUT2D eigenvalue weighted by atomic mass is 32.2. The molecule has 3 amide bonds. The molecule has 4 bridgehead atoms. The zero-order chi connectivity index (χ0) is 36.2. The van der Waals surface area contributed by atoms with Crippen molar-refractivity contribution < 1.29 is 27.5 Å². The van der Waals surface area contributed by atoms with Crippen LogP contribution in [0, 0.1) is 5.92 Å². The maximum Gasteiger partial charge on any atom is 0.282 e. The third-order valence-corrected chi connectivity index (χ3v) is 11.2. The van der Waals surface area contributed by atoms with Gasteiger partial charge in [-0.3, -0.25) is 14.4 Å². The summed E-state index contributed by atoms with van der Waals surface area (Å²) in [6.07, 6.45) is 5.90. The Morgan fingerprint density at radius 1 is 0.863 bits per heavy atom. The van der Waals surface area contributed by atoms with Gasteiger partial charge in [-0.25, -0.2) is 4.68 Å². The van der Waals surface area contributed by atoms with Gasteiger partial charge in [-0.05, 0) is 42.0 Å². The molecule has 0 aliphatic carbocycles. The quantitative estimate of drug-likeness (QED) is 0.359. The van der Waals surface area contributed by atoms with Crippen LogP contribution < -0.4 is 20.7 Å². The van der Waals surface area contributed by atoms with E-state index < -0.39 is 34.1 Å². The van der Waals surface area contributed by atoms with E-state index in [9.17, 15) is 22.8 Å². The van der Waals surface area contributed by atoms with E-state index in [1.54, 1.807) is 29.1 Å². The van der Waals surface area contributed by atoms with E-state index in [1.165, 1.54) is 8.61 Å². The van der Waals surface area contributed by atoms with Crippen molar-refractivity contribution in [3.8, 4) is 5.75 Å². The van der Waals surface area contributed by atoms with Crippen molar-refractivity contribution in [2.24, 2.45) is 5.92 Å². The number of nitrogens with one attached hydrogen (secondary N) is 3. The average Bonchev–Trinajstić information content (AvgIpc) is 3.36. The summed E-state index contributed by atoms with van der Waals surface area (Å²) in [6.45, 7) is 5.47. The minimum absolute atomic E-state index is 0.0277. The fourth-order valence-electron chi connectivity index (χ4n) is 6.27. The summed E-state index contributed by atoms with van der Waals surface area (Å²) in [5.41, 5.74) is 2.18. The maximum absolute atomic E-state index is 14.0. The Morgan fingerprint density at radius 2 is 1.61 bits per heavy atom. The topological polar surface area (TPSA) is 168 Å². The Labute approximate surface area is 300 Å². The smallest absolute Gasteiger partial charge is 0.282 e. The summed E-state index contributed by atoms with van der Waals surface area (Å²) in [7, 11) is -3.84. The highest BCUT2D eigenvalue weighted by molar-refractivity contribution is 7.86. The molecule has 51 heavy (non-hydrogen) atoms. The second-order valence-corrected chi connectivity index (χ2v) is 15.4. The summed E-state index contributed by atoms with van der Waals surface area (Å²) in [4.78, 5) is 40.6. The first-order chi connectivity index (χ1) is 24.6. The molecule has 2 atom stereocenters. The van der Waals surface area contributed by atoms with Crippen molar-refractivity contribution in [3.63, 3.8) is 0 Å². The molecule has 0 spiro atoms. The van der Waals surface area contributed by atoms with Crippen LogP contribution in [0.5, 0.6) is 5.75 Å². The Hall–Kier alpha value is -4.34. The molecule has 276 valence electrons. The Morgan fingerprint density at radius 3 is 2.35 bits per heavy atom. The molecule has 5 rings (SSSR count). The highest BCUT2D eigenvalue weighted by Gasteiger charge is 2.32. The number of hydrogen-bond acceptors (Lipinski definition) is 8. The SMILES string of the molecule is CC(C)[C@H]1NC(=O)Cc2cccc(c2)OCCn2cc(nn2)CCN(S(=O)(=O)N2CCCCCC2)CCNC(=O)[C@H](Cc2ccccc2)NC1=O. The molecule has 2 aliphatic rings. The van der Waals surface area contributed by atoms with Gasteiger partial charge in [0.2, 0.25) is 17.7 Å². The van der Waals surface area contributed by atoms with E-state index >= 15 is 0 Å². The number of hydrogen-bond donors (Lipinski definition) is 3. The van der Waals surface area contributed by atoms with Crippen LogP contribution in [-0.4, -0.2) is 101 Å². The molecule has 2 aromatic carbocycles. The van der Waals surface area contributed by atoms with E-state index in [1.807, 2.05) is 50.2 Å². The van der Waals surface area contributed by atoms with Gasteiger partial charge in [0, 0.05) is 51.8 Å². The lowest BCUT2D eigenvalue weighted by molar-refractivity contribution is -0.132. The number of ether oxygens (including phenoxy) is 1. The molecule has 1 aromatic heterocycles. The lowest BCUT2D eigenvalue weighted by atomic mass is 10.0. The number of fused-ring (bicyclic) bond motifs is 4. The highest BCUT2D eigenvalue weighted by Crippen LogP contribution is 2.18. The van der Waals surface area contributed by atoms with Crippen molar-refractivity contribution >= 4 is 27.9 Å². The van der Waals surface area contributed by atoms with Gasteiger partial charge in [0.05, 0.1) is 18.7 Å². The first-order valence-electron chi connectivity index (χ1n) is 17.9. The van der Waals surface area contributed by atoms with Crippen molar-refractivity contribution in [1.82, 2.24) is 39.6 Å². The van der Waals surface area contributed by atoms with E-state index in [-0.39, 0.29) is 44.3 Å². The third kappa shape index (κ3) is 11.1. The Bertz CT molecular complexity index is 1710. The predicted molar refractivity (Wildman–Crippen MR) is 192 cm³/mol. The monoisotopic (exact) mass is 722 g/mol. The molecule has 15 heteroatoms. The fraction of sp³-hybridized carbons (Fsp3) is 0.528. The van der Waals surface area contributed by atoms with Crippen molar-refractivity contribution in [2.45, 2.75) is 77.4 Å². The molecule has 2 aliphatic heterocycles. The van der Waals surface area contributed by atoms with Crippen LogP contribution in [0.4, 0.5) is 0 Å². The van der Waals surface area contributed by atoms with Crippen molar-refractivity contribution in [3.05, 3.63) is 77.6 Å². The summed E-state index contributed by atoms with van der Waals surface area (Å²) < 4.78 is 38.5. The van der Waals surface area contributed by atoms with Gasteiger partial charge in [0.1, 0.15) is 24.4 Å². The average molecular weight is 723 g/mol. The molecule has 14 nitrogen and oxygen atoms in total. The van der Waals surface area contributed by atoms with Gasteiger partial charge >= 0.3 is 0 Å². The van der Waals surface area contributed by atoms with Crippen molar-refractivity contribution in [1.29, 1.82) is 0 Å². The van der Waals surface area contributed by atoms with Crippen LogP contribution in [0.2, 0.25) is 0 Å². The number of carbonyl (C=O) groups is 3. The fourth-order valence-corrected chi connectivity index (χ4v) is 7.96. The zero-order valence-electron chi connectivity index (χ0n) is 29.5.